The number of ether oxygens (including phenoxy) is 3. The highest BCUT2D eigenvalue weighted by Gasteiger charge is 2.27. The maximum atomic E-state index is 6.45. The quantitative estimate of drug-likeness (QED) is 0.409. The fourth-order valence-corrected chi connectivity index (χ4v) is 4.07. The van der Waals surface area contributed by atoms with Crippen molar-refractivity contribution >= 4 is 46.4 Å². The van der Waals surface area contributed by atoms with Crippen LogP contribution in [0.2, 0.25) is 10.0 Å². The van der Waals surface area contributed by atoms with Crippen molar-refractivity contribution in [1.29, 1.82) is 0 Å². The Hall–Kier alpha value is -3.69. The van der Waals surface area contributed by atoms with Gasteiger partial charge in [0.2, 0.25) is 11.7 Å². The number of benzene rings is 2. The second kappa shape index (κ2) is 8.68. The molecule has 5 rings (SSSR count). The summed E-state index contributed by atoms with van der Waals surface area (Å²) >= 11 is 12.9. The summed E-state index contributed by atoms with van der Waals surface area (Å²) in [5, 5.41) is 8.52. The molecule has 9 nitrogen and oxygen atoms in total. The highest BCUT2D eigenvalue weighted by molar-refractivity contribution is 6.39. The molecule has 0 radical (unpaired) electrons. The molecule has 168 valence electrons. The topological polar surface area (TPSA) is 94.3 Å². The maximum Gasteiger partial charge on any atom is 0.240 e. The molecule has 3 heterocycles. The van der Waals surface area contributed by atoms with Gasteiger partial charge in [-0.2, -0.15) is 0 Å². The van der Waals surface area contributed by atoms with E-state index >= 15 is 0 Å². The number of rotatable bonds is 6. The summed E-state index contributed by atoms with van der Waals surface area (Å²) in [5.74, 6) is 2.53. The number of hydrogen-bond acceptors (Lipinski definition) is 8. The van der Waals surface area contributed by atoms with Gasteiger partial charge in [-0.3, -0.25) is 9.83 Å². The molecule has 0 atom stereocenters. The predicted molar refractivity (Wildman–Crippen MR) is 127 cm³/mol. The van der Waals surface area contributed by atoms with Gasteiger partial charge in [0, 0.05) is 18.5 Å². The first kappa shape index (κ1) is 21.2. The minimum absolute atomic E-state index is 0.251. The smallest absolute Gasteiger partial charge is 0.240 e. The summed E-state index contributed by atoms with van der Waals surface area (Å²) in [6, 6.07) is 10.7. The van der Waals surface area contributed by atoms with Crippen molar-refractivity contribution in [3.8, 4) is 22.8 Å². The second-order valence-electron chi connectivity index (χ2n) is 6.94. The number of fused-ring (bicyclic) bond motifs is 1. The van der Waals surface area contributed by atoms with Gasteiger partial charge in [-0.25, -0.2) is 9.97 Å². The molecule has 0 fully saturated rings. The zero-order valence-electron chi connectivity index (χ0n) is 17.6. The lowest BCUT2D eigenvalue weighted by molar-refractivity contribution is 0.316. The van der Waals surface area contributed by atoms with Crippen LogP contribution in [0.25, 0.3) is 17.0 Å². The monoisotopic (exact) mass is 484 g/mol. The van der Waals surface area contributed by atoms with Gasteiger partial charge in [0.25, 0.3) is 0 Å². The molecule has 11 heteroatoms. The van der Waals surface area contributed by atoms with E-state index in [1.807, 2.05) is 12.3 Å². The minimum atomic E-state index is 0.251. The van der Waals surface area contributed by atoms with Crippen LogP contribution in [-0.2, 0) is 4.74 Å². The Balaban J connectivity index is 1.80. The van der Waals surface area contributed by atoms with Crippen LogP contribution in [0.4, 0.5) is 11.5 Å². The number of anilines is 2. The highest BCUT2D eigenvalue weighted by atomic mass is 35.5. The van der Waals surface area contributed by atoms with Gasteiger partial charge in [0.15, 0.2) is 6.73 Å². The van der Waals surface area contributed by atoms with Crippen LogP contribution in [0.1, 0.15) is 5.56 Å². The van der Waals surface area contributed by atoms with Crippen molar-refractivity contribution in [3.63, 3.8) is 0 Å². The van der Waals surface area contributed by atoms with Crippen molar-refractivity contribution in [2.75, 3.05) is 26.3 Å². The third-order valence-electron chi connectivity index (χ3n) is 5.06. The summed E-state index contributed by atoms with van der Waals surface area (Å²) < 4.78 is 18.7. The molecule has 1 aliphatic rings. The van der Waals surface area contributed by atoms with Gasteiger partial charge >= 0.3 is 0 Å². The second-order valence-corrected chi connectivity index (χ2v) is 7.75. The first-order valence-corrected chi connectivity index (χ1v) is 10.6. The highest BCUT2D eigenvalue weighted by Crippen LogP contribution is 2.43. The number of methoxy groups -OCH3 is 2. The molecule has 1 aliphatic heterocycles. The largest absolute Gasteiger partial charge is 0.497 e. The molecule has 0 aliphatic carbocycles. The Kier molecular flexibility index (Phi) is 5.57. The SMILES string of the molecule is COc1cc(OC)c(-c2nc3ncccn3c2Nc2c(Cl)cccc2Cl)c(C2=NNCO2)c1. The number of para-hydroxylation sites is 1. The molecular formula is C22H18Cl2N6O3. The van der Waals surface area contributed by atoms with Crippen LogP contribution >= 0.6 is 23.2 Å². The standard InChI is InChI=1S/C22H18Cl2N6O3/c1-31-12-9-13(21-29-26-11-33-21)17(16(10-12)32-2)19-20(30-8-4-7-25-22(30)28-19)27-18-14(23)5-3-6-15(18)24/h3-10,26-27H,11H2,1-2H3. The number of hydrogen-bond donors (Lipinski definition) is 2. The van der Waals surface area contributed by atoms with Crippen molar-refractivity contribution in [2.24, 2.45) is 5.10 Å². The molecular weight excluding hydrogens is 467 g/mol. The van der Waals surface area contributed by atoms with E-state index in [1.54, 1.807) is 55.1 Å². The molecule has 33 heavy (non-hydrogen) atoms. The first-order valence-electron chi connectivity index (χ1n) is 9.85. The summed E-state index contributed by atoms with van der Waals surface area (Å²) in [4.78, 5) is 9.18. The van der Waals surface area contributed by atoms with E-state index in [0.29, 0.717) is 61.5 Å². The third-order valence-corrected chi connectivity index (χ3v) is 5.69. The Bertz CT molecular complexity index is 1370. The number of imidazole rings is 1. The van der Waals surface area contributed by atoms with Gasteiger partial charge in [-0.05, 0) is 24.3 Å². The molecule has 0 unspecified atom stereocenters. The fourth-order valence-electron chi connectivity index (χ4n) is 3.57. The third kappa shape index (κ3) is 3.75. The van der Waals surface area contributed by atoms with Gasteiger partial charge in [-0.15, -0.1) is 5.10 Å². The lowest BCUT2D eigenvalue weighted by Crippen LogP contribution is -2.07. The Morgan fingerprint density at radius 3 is 2.64 bits per heavy atom. The number of nitrogens with zero attached hydrogens (tertiary/aromatic N) is 4. The van der Waals surface area contributed by atoms with E-state index in [4.69, 9.17) is 42.4 Å². The summed E-state index contributed by atoms with van der Waals surface area (Å²) in [7, 11) is 3.15. The van der Waals surface area contributed by atoms with Crippen LogP contribution in [0.3, 0.4) is 0 Å². The molecule has 2 aromatic carbocycles. The van der Waals surface area contributed by atoms with E-state index in [2.05, 4.69) is 20.8 Å². The molecule has 0 saturated carbocycles. The van der Waals surface area contributed by atoms with E-state index in [0.717, 1.165) is 0 Å². The zero-order chi connectivity index (χ0) is 22.9. The Morgan fingerprint density at radius 2 is 1.94 bits per heavy atom. The fraction of sp³-hybridized carbons (Fsp3) is 0.136. The van der Waals surface area contributed by atoms with Gasteiger partial charge < -0.3 is 19.5 Å². The lowest BCUT2D eigenvalue weighted by Gasteiger charge is -2.16. The maximum absolute atomic E-state index is 6.45. The van der Waals surface area contributed by atoms with E-state index in [9.17, 15) is 0 Å². The zero-order valence-corrected chi connectivity index (χ0v) is 19.1. The van der Waals surface area contributed by atoms with E-state index < -0.39 is 0 Å². The molecule has 0 bridgehead atoms. The molecule has 0 amide bonds. The Morgan fingerprint density at radius 1 is 1.12 bits per heavy atom. The molecule has 4 aromatic rings. The van der Waals surface area contributed by atoms with Crippen LogP contribution in [0.5, 0.6) is 11.5 Å². The van der Waals surface area contributed by atoms with Crippen molar-refractivity contribution in [3.05, 3.63) is 64.4 Å². The number of nitrogens with one attached hydrogen (secondary N) is 2. The molecule has 0 saturated heterocycles. The predicted octanol–water partition coefficient (Wildman–Crippen LogP) is 4.70. The lowest BCUT2D eigenvalue weighted by atomic mass is 10.0. The molecule has 0 spiro atoms. The minimum Gasteiger partial charge on any atom is -0.497 e. The van der Waals surface area contributed by atoms with Gasteiger partial charge in [-0.1, -0.05) is 29.3 Å². The Labute approximate surface area is 198 Å². The van der Waals surface area contributed by atoms with Crippen molar-refractivity contribution in [1.82, 2.24) is 19.8 Å². The summed E-state index contributed by atoms with van der Waals surface area (Å²) in [5.41, 5.74) is 5.16. The average Bonchev–Trinajstić information content (AvgIpc) is 3.49. The first-order chi connectivity index (χ1) is 16.1. The van der Waals surface area contributed by atoms with Gasteiger partial charge in [0.1, 0.15) is 23.0 Å². The number of aromatic nitrogens is 3. The number of halogens is 2. The van der Waals surface area contributed by atoms with E-state index in [1.165, 1.54) is 0 Å². The average molecular weight is 485 g/mol. The van der Waals surface area contributed by atoms with Crippen LogP contribution < -0.4 is 20.2 Å². The van der Waals surface area contributed by atoms with Crippen LogP contribution in [0, 0.1) is 0 Å². The molecule has 2 aromatic heterocycles. The summed E-state index contributed by atoms with van der Waals surface area (Å²) in [6.45, 7) is 0.251. The van der Waals surface area contributed by atoms with Gasteiger partial charge in [0.05, 0.1) is 41.1 Å². The summed E-state index contributed by atoms with van der Waals surface area (Å²) in [6.07, 6.45) is 3.51. The number of hydrazone groups is 1. The van der Waals surface area contributed by atoms with Crippen LogP contribution in [-0.4, -0.2) is 41.2 Å². The van der Waals surface area contributed by atoms with Crippen molar-refractivity contribution in [2.45, 2.75) is 0 Å². The van der Waals surface area contributed by atoms with E-state index in [-0.39, 0.29) is 6.73 Å². The normalized spacial score (nSPS) is 12.8. The van der Waals surface area contributed by atoms with Crippen molar-refractivity contribution < 1.29 is 14.2 Å². The van der Waals surface area contributed by atoms with Crippen LogP contribution in [0.15, 0.2) is 53.9 Å². The molecule has 2 N–H and O–H groups in total.